The number of hydrogen-bond donors (Lipinski definition) is 1. The summed E-state index contributed by atoms with van der Waals surface area (Å²) in [6, 6.07) is 22.9. The molecule has 0 spiro atoms. The lowest BCUT2D eigenvalue weighted by molar-refractivity contribution is 0.102. The molecule has 7 nitrogen and oxygen atoms in total. The van der Waals surface area contributed by atoms with E-state index in [-0.39, 0.29) is 17.0 Å². The third-order valence-corrected chi connectivity index (χ3v) is 7.71. The van der Waals surface area contributed by atoms with Crippen LogP contribution in [0.5, 0.6) is 11.5 Å². The molecule has 0 saturated carbocycles. The Morgan fingerprint density at radius 1 is 1.02 bits per heavy atom. The van der Waals surface area contributed by atoms with E-state index in [1.54, 1.807) is 50.6 Å². The second kappa shape index (κ2) is 11.8. The molecule has 0 aliphatic rings. The van der Waals surface area contributed by atoms with Gasteiger partial charge in [0.15, 0.2) is 16.5 Å². The minimum atomic E-state index is -0.362. The number of nitrogens with one attached hydrogen (secondary N) is 1. The monoisotopic (exact) mass is 553 g/mol. The van der Waals surface area contributed by atoms with Crippen molar-refractivity contribution in [3.05, 3.63) is 94.4 Å². The second-order valence-electron chi connectivity index (χ2n) is 9.53. The molecule has 3 aromatic carbocycles. The smallest absolute Gasteiger partial charge is 0.262 e. The van der Waals surface area contributed by atoms with E-state index in [0.29, 0.717) is 33.8 Å². The van der Waals surface area contributed by atoms with Crippen molar-refractivity contribution in [2.75, 3.05) is 19.5 Å². The number of anilines is 1. The van der Waals surface area contributed by atoms with E-state index in [0.717, 1.165) is 27.9 Å². The Balaban J connectivity index is 1.55. The van der Waals surface area contributed by atoms with Crippen molar-refractivity contribution in [3.63, 3.8) is 0 Å². The molecule has 1 N–H and O–H groups in total. The molecule has 2 aromatic heterocycles. The van der Waals surface area contributed by atoms with Gasteiger partial charge in [0.2, 0.25) is 5.55 Å². The van der Waals surface area contributed by atoms with Crippen LogP contribution in [0, 0.1) is 0 Å². The number of amides is 1. The van der Waals surface area contributed by atoms with Crippen molar-refractivity contribution in [2.45, 2.75) is 33.1 Å². The van der Waals surface area contributed by atoms with E-state index < -0.39 is 0 Å². The van der Waals surface area contributed by atoms with Gasteiger partial charge in [0.05, 0.1) is 25.6 Å². The number of benzene rings is 3. The molecule has 0 fully saturated rings. The highest BCUT2D eigenvalue weighted by Gasteiger charge is 2.19. The van der Waals surface area contributed by atoms with Crippen LogP contribution in [0.4, 0.5) is 10.8 Å². The van der Waals surface area contributed by atoms with Crippen molar-refractivity contribution in [2.24, 2.45) is 4.99 Å². The molecule has 5 aromatic rings. The first kappa shape index (κ1) is 27.1. The molecule has 0 aliphatic carbocycles. The Morgan fingerprint density at radius 3 is 2.42 bits per heavy atom. The second-order valence-corrected chi connectivity index (χ2v) is 10.6. The summed E-state index contributed by atoms with van der Waals surface area (Å²) in [5.74, 6) is 1.35. The van der Waals surface area contributed by atoms with Crippen molar-refractivity contribution in [3.8, 4) is 22.8 Å². The molecule has 0 atom stereocenters. The van der Waals surface area contributed by atoms with Gasteiger partial charge in [0.25, 0.3) is 5.91 Å². The van der Waals surface area contributed by atoms with Crippen LogP contribution in [0.1, 0.15) is 47.5 Å². The minimum absolute atomic E-state index is 0.163. The van der Waals surface area contributed by atoms with Gasteiger partial charge >= 0.3 is 0 Å². The van der Waals surface area contributed by atoms with Gasteiger partial charge in [-0.3, -0.25) is 10.1 Å². The Bertz CT molecular complexity index is 1720. The molecule has 0 unspecified atom stereocenters. The fourth-order valence-electron chi connectivity index (χ4n) is 4.37. The number of aryl methyl sites for hydroxylation is 1. The lowest BCUT2D eigenvalue weighted by Crippen LogP contribution is -2.21. The molecular weight excluding hydrogens is 522 g/mol. The first-order valence-electron chi connectivity index (χ1n) is 13.1. The number of aromatic nitrogens is 1. The number of para-hydroxylation sites is 1. The number of rotatable bonds is 8. The predicted molar refractivity (Wildman–Crippen MR) is 160 cm³/mol. The Hall–Kier alpha value is -4.43. The molecule has 40 heavy (non-hydrogen) atoms. The molecule has 0 radical (unpaired) electrons. The van der Waals surface area contributed by atoms with Crippen molar-refractivity contribution in [1.82, 2.24) is 4.98 Å². The van der Waals surface area contributed by atoms with Gasteiger partial charge in [-0.15, -0.1) is 11.3 Å². The number of carbonyl (C=O) groups excluding carboxylic acids is 1. The van der Waals surface area contributed by atoms with Gasteiger partial charge in [-0.05, 0) is 54.3 Å². The summed E-state index contributed by atoms with van der Waals surface area (Å²) in [6.07, 6.45) is 0.804. The first-order chi connectivity index (χ1) is 19.4. The third kappa shape index (κ3) is 5.62. The molecule has 8 heteroatoms. The van der Waals surface area contributed by atoms with Gasteiger partial charge < -0.3 is 13.9 Å². The molecule has 0 aliphatic heterocycles. The third-order valence-electron chi connectivity index (χ3n) is 6.60. The summed E-state index contributed by atoms with van der Waals surface area (Å²) in [4.78, 5) is 24.2. The van der Waals surface area contributed by atoms with Crippen LogP contribution in [-0.2, 0) is 6.42 Å². The zero-order chi connectivity index (χ0) is 28.2. The summed E-state index contributed by atoms with van der Waals surface area (Å²) in [7, 11) is 3.18. The number of thiazole rings is 1. The zero-order valence-corrected chi connectivity index (χ0v) is 24.0. The number of fused-ring (bicyclic) bond motifs is 1. The quantitative estimate of drug-likeness (QED) is 0.212. The Labute approximate surface area is 237 Å². The van der Waals surface area contributed by atoms with E-state index in [9.17, 15) is 4.79 Å². The highest BCUT2D eigenvalue weighted by Crippen LogP contribution is 2.33. The normalized spacial score (nSPS) is 11.7. The van der Waals surface area contributed by atoms with E-state index in [1.165, 1.54) is 16.9 Å². The van der Waals surface area contributed by atoms with E-state index in [1.807, 2.05) is 12.1 Å². The van der Waals surface area contributed by atoms with Gasteiger partial charge in [-0.25, -0.2) is 9.98 Å². The summed E-state index contributed by atoms with van der Waals surface area (Å²) in [6.45, 7) is 6.44. The highest BCUT2D eigenvalue weighted by atomic mass is 32.1. The standard InChI is InChI=1S/C32H31N3O4S/c1-6-27-28(21-12-10-20(11-13-21)19(2)3)34-32(40-27)35-30(36)25-18-22-8-7-9-26(38-5)29(22)39-31(25)33-23-14-16-24(37-4)17-15-23/h7-19H,6H2,1-5H3,(H,34,35,36). The highest BCUT2D eigenvalue weighted by molar-refractivity contribution is 7.16. The molecule has 204 valence electrons. The van der Waals surface area contributed by atoms with Crippen molar-refractivity contribution < 1.29 is 18.7 Å². The number of carbonyl (C=O) groups is 1. The molecular formula is C32H31N3O4S. The fraction of sp³-hybridized carbons (Fsp3) is 0.219. The van der Waals surface area contributed by atoms with Gasteiger partial charge in [-0.2, -0.15) is 0 Å². The van der Waals surface area contributed by atoms with Crippen molar-refractivity contribution >= 4 is 39.0 Å². The average molecular weight is 554 g/mol. The molecule has 1 amide bonds. The molecule has 0 saturated heterocycles. The van der Waals surface area contributed by atoms with Gasteiger partial charge in [-0.1, -0.05) is 57.2 Å². The minimum Gasteiger partial charge on any atom is -0.497 e. The largest absolute Gasteiger partial charge is 0.497 e. The topological polar surface area (TPSA) is 86.0 Å². The maximum Gasteiger partial charge on any atom is 0.262 e. The summed E-state index contributed by atoms with van der Waals surface area (Å²) in [5.41, 5.74) is 4.75. The average Bonchev–Trinajstić information content (AvgIpc) is 3.39. The lowest BCUT2D eigenvalue weighted by Gasteiger charge is -2.08. The van der Waals surface area contributed by atoms with Gasteiger partial charge in [0, 0.05) is 15.8 Å². The summed E-state index contributed by atoms with van der Waals surface area (Å²) < 4.78 is 16.9. The summed E-state index contributed by atoms with van der Waals surface area (Å²) >= 11 is 1.47. The van der Waals surface area contributed by atoms with E-state index in [2.05, 4.69) is 55.3 Å². The Morgan fingerprint density at radius 2 is 1.77 bits per heavy atom. The fourth-order valence-corrected chi connectivity index (χ4v) is 5.28. The van der Waals surface area contributed by atoms with E-state index in [4.69, 9.17) is 18.9 Å². The number of nitrogens with zero attached hydrogens (tertiary/aromatic N) is 2. The zero-order valence-electron chi connectivity index (χ0n) is 23.1. The molecule has 0 bridgehead atoms. The van der Waals surface area contributed by atoms with Crippen LogP contribution < -0.4 is 20.3 Å². The first-order valence-corrected chi connectivity index (χ1v) is 13.9. The van der Waals surface area contributed by atoms with Crippen LogP contribution in [0.3, 0.4) is 0 Å². The lowest BCUT2D eigenvalue weighted by atomic mass is 10.0. The van der Waals surface area contributed by atoms with Crippen molar-refractivity contribution in [1.29, 1.82) is 0 Å². The van der Waals surface area contributed by atoms with Crippen LogP contribution >= 0.6 is 11.3 Å². The number of methoxy groups -OCH3 is 2. The SMILES string of the molecule is CCc1sc(NC(=O)c2cc3cccc(OC)c3oc2=Nc2ccc(OC)cc2)nc1-c1ccc(C(C)C)cc1. The van der Waals surface area contributed by atoms with Crippen LogP contribution in [-0.4, -0.2) is 25.1 Å². The van der Waals surface area contributed by atoms with Crippen LogP contribution in [0.15, 0.2) is 82.2 Å². The van der Waals surface area contributed by atoms with Crippen LogP contribution in [0.2, 0.25) is 0 Å². The van der Waals surface area contributed by atoms with Crippen LogP contribution in [0.25, 0.3) is 22.2 Å². The maximum atomic E-state index is 13.7. The number of ether oxygens (including phenoxy) is 2. The maximum absolute atomic E-state index is 13.7. The molecule has 2 heterocycles. The predicted octanol–water partition coefficient (Wildman–Crippen LogP) is 7.74. The molecule has 5 rings (SSSR count). The Kier molecular flexibility index (Phi) is 7.98. The number of hydrogen-bond acceptors (Lipinski definition) is 7. The van der Waals surface area contributed by atoms with Gasteiger partial charge in [0.1, 0.15) is 11.3 Å². The van der Waals surface area contributed by atoms with E-state index >= 15 is 0 Å². The summed E-state index contributed by atoms with van der Waals surface area (Å²) in [5, 5.41) is 4.23.